The summed E-state index contributed by atoms with van der Waals surface area (Å²) >= 11 is 0. The molecule has 3 atom stereocenters. The van der Waals surface area contributed by atoms with E-state index in [0.29, 0.717) is 25.9 Å². The van der Waals surface area contributed by atoms with Crippen molar-refractivity contribution in [3.8, 4) is 0 Å². The number of rotatable bonds is 5. The molecule has 0 bridgehead atoms. The maximum absolute atomic E-state index is 13.6. The Morgan fingerprint density at radius 2 is 1.88 bits per heavy atom. The highest BCUT2D eigenvalue weighted by Gasteiger charge is 2.49. The minimum absolute atomic E-state index is 0.450. The van der Waals surface area contributed by atoms with Crippen LogP contribution in [0.1, 0.15) is 39.2 Å². The van der Waals surface area contributed by atoms with Crippen molar-refractivity contribution in [1.82, 2.24) is 9.62 Å². The summed E-state index contributed by atoms with van der Waals surface area (Å²) in [4.78, 5) is 1.85. The molecule has 1 fully saturated rings. The Morgan fingerprint density at radius 3 is 2.42 bits per heavy atom. The Kier molecular flexibility index (Phi) is 6.09. The van der Waals surface area contributed by atoms with Gasteiger partial charge in [-0.2, -0.15) is 13.2 Å². The highest BCUT2D eigenvalue weighted by molar-refractivity contribution is 7.84. The molecule has 0 radical (unpaired) electrons. The fourth-order valence-corrected chi connectivity index (χ4v) is 3.77. The van der Waals surface area contributed by atoms with E-state index in [4.69, 9.17) is 0 Å². The van der Waals surface area contributed by atoms with E-state index in [2.05, 4.69) is 4.72 Å². The topological polar surface area (TPSA) is 32.3 Å². The van der Waals surface area contributed by atoms with E-state index in [1.165, 1.54) is 0 Å². The number of alkyl halides is 3. The van der Waals surface area contributed by atoms with Gasteiger partial charge in [-0.15, -0.1) is 0 Å². The molecule has 1 saturated heterocycles. The van der Waals surface area contributed by atoms with Gasteiger partial charge in [-0.1, -0.05) is 30.3 Å². The number of hydrogen-bond acceptors (Lipinski definition) is 2. The quantitative estimate of drug-likeness (QED) is 0.867. The van der Waals surface area contributed by atoms with E-state index in [1.807, 2.05) is 35.2 Å². The van der Waals surface area contributed by atoms with Crippen molar-refractivity contribution in [3.05, 3.63) is 35.9 Å². The SMILES string of the molecule is CC(C)(C)S(=O)N[C@@H]([C@@H]1CCCN1Cc1ccccc1)C(F)(F)F. The summed E-state index contributed by atoms with van der Waals surface area (Å²) in [6, 6.07) is 7.00. The lowest BCUT2D eigenvalue weighted by Crippen LogP contribution is -2.57. The number of nitrogens with zero attached hydrogens (tertiary/aromatic N) is 1. The summed E-state index contributed by atoms with van der Waals surface area (Å²) < 4.78 is 54.7. The summed E-state index contributed by atoms with van der Waals surface area (Å²) in [6.45, 7) is 6.09. The third-order valence-electron chi connectivity index (χ3n) is 4.17. The second-order valence-electron chi connectivity index (χ2n) is 7.18. The summed E-state index contributed by atoms with van der Waals surface area (Å²) in [5.41, 5.74) is 0.988. The van der Waals surface area contributed by atoms with Crippen molar-refractivity contribution in [1.29, 1.82) is 0 Å². The number of halogens is 3. The van der Waals surface area contributed by atoms with Crippen LogP contribution in [0.3, 0.4) is 0 Å². The van der Waals surface area contributed by atoms with Crippen LogP contribution in [0.4, 0.5) is 13.2 Å². The van der Waals surface area contributed by atoms with Crippen LogP contribution in [0.2, 0.25) is 0 Å². The van der Waals surface area contributed by atoms with E-state index in [9.17, 15) is 17.4 Å². The first kappa shape index (κ1) is 19.4. The van der Waals surface area contributed by atoms with Crippen molar-refractivity contribution < 1.29 is 17.4 Å². The van der Waals surface area contributed by atoms with Crippen LogP contribution in [-0.4, -0.2) is 38.7 Å². The fraction of sp³-hybridized carbons (Fsp3) is 0.647. The molecular formula is C17H25F3N2OS. The number of hydrogen-bond donors (Lipinski definition) is 1. The molecule has 1 N–H and O–H groups in total. The number of nitrogens with one attached hydrogen (secondary N) is 1. The molecule has 1 aromatic rings. The molecule has 3 nitrogen and oxygen atoms in total. The average Bonchev–Trinajstić information content (AvgIpc) is 2.91. The van der Waals surface area contributed by atoms with Gasteiger partial charge >= 0.3 is 6.18 Å². The van der Waals surface area contributed by atoms with Gasteiger partial charge in [0, 0.05) is 12.6 Å². The Bertz CT molecular complexity index is 557. The molecule has 1 aliphatic rings. The Hall–Kier alpha value is -0.920. The van der Waals surface area contributed by atoms with Crippen molar-refractivity contribution in [3.63, 3.8) is 0 Å². The van der Waals surface area contributed by atoms with E-state index in [1.54, 1.807) is 20.8 Å². The standard InChI is InChI=1S/C17H25F3N2OS/c1-16(2,3)24(23)21-15(17(18,19)20)14-10-7-11-22(14)12-13-8-5-4-6-9-13/h4-6,8-9,14-15,21H,7,10-12H2,1-3H3/t14-,15-,24?/m0/s1. The summed E-state index contributed by atoms with van der Waals surface area (Å²) in [5, 5.41) is 0. The Balaban J connectivity index is 2.17. The van der Waals surface area contributed by atoms with Crippen molar-refractivity contribution >= 4 is 11.0 Å². The zero-order chi connectivity index (χ0) is 18.0. The van der Waals surface area contributed by atoms with Crippen LogP contribution in [0.5, 0.6) is 0 Å². The average molecular weight is 362 g/mol. The van der Waals surface area contributed by atoms with Crippen molar-refractivity contribution in [2.45, 2.75) is 63.2 Å². The molecule has 0 spiro atoms. The van der Waals surface area contributed by atoms with Crippen LogP contribution in [-0.2, 0) is 17.5 Å². The molecule has 7 heteroatoms. The minimum atomic E-state index is -4.44. The first-order valence-electron chi connectivity index (χ1n) is 8.12. The second-order valence-corrected chi connectivity index (χ2v) is 9.18. The largest absolute Gasteiger partial charge is 0.406 e. The van der Waals surface area contributed by atoms with Gasteiger partial charge in [-0.25, -0.2) is 8.93 Å². The smallest absolute Gasteiger partial charge is 0.294 e. The van der Waals surface area contributed by atoms with Gasteiger partial charge in [-0.05, 0) is 45.7 Å². The van der Waals surface area contributed by atoms with Gasteiger partial charge in [-0.3, -0.25) is 4.90 Å². The summed E-state index contributed by atoms with van der Waals surface area (Å²) in [6.07, 6.45) is -3.27. The molecular weight excluding hydrogens is 337 g/mol. The van der Waals surface area contributed by atoms with Crippen LogP contribution >= 0.6 is 0 Å². The van der Waals surface area contributed by atoms with Gasteiger partial charge in [0.05, 0.1) is 15.7 Å². The van der Waals surface area contributed by atoms with E-state index >= 15 is 0 Å². The van der Waals surface area contributed by atoms with Crippen molar-refractivity contribution in [2.75, 3.05) is 6.54 Å². The second kappa shape index (κ2) is 7.54. The first-order valence-corrected chi connectivity index (χ1v) is 9.27. The molecule has 136 valence electrons. The predicted molar refractivity (Wildman–Crippen MR) is 90.7 cm³/mol. The molecule has 0 saturated carbocycles. The van der Waals surface area contributed by atoms with Crippen molar-refractivity contribution in [2.24, 2.45) is 0 Å². The first-order chi connectivity index (χ1) is 11.1. The van der Waals surface area contributed by atoms with Gasteiger partial charge in [0.25, 0.3) is 0 Å². The normalized spacial score (nSPS) is 22.5. The highest BCUT2D eigenvalue weighted by Crippen LogP contribution is 2.32. The van der Waals surface area contributed by atoms with E-state index in [-0.39, 0.29) is 0 Å². The molecule has 0 amide bonds. The molecule has 24 heavy (non-hydrogen) atoms. The van der Waals surface area contributed by atoms with Crippen LogP contribution < -0.4 is 4.72 Å². The fourth-order valence-electron chi connectivity index (χ4n) is 2.90. The summed E-state index contributed by atoms with van der Waals surface area (Å²) in [7, 11) is -1.77. The molecule has 1 aliphatic heterocycles. The highest BCUT2D eigenvalue weighted by atomic mass is 32.2. The minimum Gasteiger partial charge on any atom is -0.294 e. The van der Waals surface area contributed by atoms with E-state index < -0.39 is 34.0 Å². The third kappa shape index (κ3) is 5.04. The van der Waals surface area contributed by atoms with Gasteiger partial charge in [0.15, 0.2) is 0 Å². The summed E-state index contributed by atoms with van der Waals surface area (Å²) in [5.74, 6) is 0. The molecule has 0 aliphatic carbocycles. The lowest BCUT2D eigenvalue weighted by atomic mass is 10.1. The Labute approximate surface area is 144 Å². The molecule has 0 aromatic heterocycles. The van der Waals surface area contributed by atoms with Crippen LogP contribution in [0, 0.1) is 0 Å². The number of benzene rings is 1. The zero-order valence-electron chi connectivity index (χ0n) is 14.3. The van der Waals surface area contributed by atoms with Gasteiger partial charge in [0.1, 0.15) is 6.04 Å². The third-order valence-corrected chi connectivity index (χ3v) is 5.75. The zero-order valence-corrected chi connectivity index (χ0v) is 15.1. The monoisotopic (exact) mass is 362 g/mol. The molecule has 1 unspecified atom stereocenters. The van der Waals surface area contributed by atoms with Gasteiger partial charge < -0.3 is 0 Å². The molecule has 1 aromatic carbocycles. The predicted octanol–water partition coefficient (Wildman–Crippen LogP) is 3.63. The lowest BCUT2D eigenvalue weighted by molar-refractivity contribution is -0.164. The van der Waals surface area contributed by atoms with E-state index in [0.717, 1.165) is 5.56 Å². The number of likely N-dealkylation sites (tertiary alicyclic amines) is 1. The lowest BCUT2D eigenvalue weighted by Gasteiger charge is -2.34. The maximum atomic E-state index is 13.6. The Morgan fingerprint density at radius 1 is 1.25 bits per heavy atom. The molecule has 1 heterocycles. The van der Waals surface area contributed by atoms with Crippen LogP contribution in [0.25, 0.3) is 0 Å². The maximum Gasteiger partial charge on any atom is 0.406 e. The van der Waals surface area contributed by atoms with Gasteiger partial charge in [0.2, 0.25) is 0 Å². The van der Waals surface area contributed by atoms with Crippen LogP contribution in [0.15, 0.2) is 30.3 Å². The molecule has 2 rings (SSSR count).